The number of thiophene rings is 1. The van der Waals surface area contributed by atoms with Crippen molar-refractivity contribution in [3.8, 4) is 5.75 Å². The van der Waals surface area contributed by atoms with Gasteiger partial charge in [0.2, 0.25) is 0 Å². The first kappa shape index (κ1) is 14.9. The third-order valence-corrected chi connectivity index (χ3v) is 3.55. The van der Waals surface area contributed by atoms with Crippen molar-refractivity contribution in [2.24, 2.45) is 5.84 Å². The Morgan fingerprint density at radius 2 is 2.24 bits per heavy atom. The summed E-state index contributed by atoms with van der Waals surface area (Å²) in [6.07, 6.45) is 0. The van der Waals surface area contributed by atoms with E-state index in [0.717, 1.165) is 12.1 Å². The summed E-state index contributed by atoms with van der Waals surface area (Å²) < 4.78 is 18.9. The predicted molar refractivity (Wildman–Crippen MR) is 73.4 cm³/mol. The standard InChI is InChI=1S/C12H10FN3O4S/c13-9-5-8(16(18)19)1-2-10(9)20-6-7-3-4-21-11(7)12(17)15-14/h1-5H,6,14H2,(H,15,17). The molecule has 21 heavy (non-hydrogen) atoms. The highest BCUT2D eigenvalue weighted by Crippen LogP contribution is 2.24. The van der Waals surface area contributed by atoms with Crippen LogP contribution in [0.3, 0.4) is 0 Å². The van der Waals surface area contributed by atoms with Crippen LogP contribution in [0.25, 0.3) is 0 Å². The van der Waals surface area contributed by atoms with Crippen LogP contribution < -0.4 is 16.0 Å². The highest BCUT2D eigenvalue weighted by atomic mass is 32.1. The summed E-state index contributed by atoms with van der Waals surface area (Å²) in [4.78, 5) is 21.6. The fourth-order valence-corrected chi connectivity index (χ4v) is 2.40. The second-order valence-corrected chi connectivity index (χ2v) is 4.83. The third-order valence-electron chi connectivity index (χ3n) is 2.59. The number of benzene rings is 1. The number of amides is 1. The third kappa shape index (κ3) is 3.33. The molecule has 0 aliphatic rings. The maximum absolute atomic E-state index is 13.6. The Bertz CT molecular complexity index is 689. The molecule has 7 nitrogen and oxygen atoms in total. The van der Waals surface area contributed by atoms with Crippen molar-refractivity contribution in [1.29, 1.82) is 0 Å². The van der Waals surface area contributed by atoms with Crippen LogP contribution >= 0.6 is 11.3 Å². The second kappa shape index (κ2) is 6.29. The fourth-order valence-electron chi connectivity index (χ4n) is 1.59. The molecule has 2 aromatic rings. The van der Waals surface area contributed by atoms with Crippen LogP contribution in [0.1, 0.15) is 15.2 Å². The molecule has 0 radical (unpaired) electrons. The molecular weight excluding hydrogens is 301 g/mol. The van der Waals surface area contributed by atoms with E-state index < -0.39 is 16.6 Å². The molecule has 0 saturated carbocycles. The number of hydrazine groups is 1. The minimum absolute atomic E-state index is 0.0546. The Morgan fingerprint density at radius 1 is 1.48 bits per heavy atom. The Kier molecular flexibility index (Phi) is 4.45. The highest BCUT2D eigenvalue weighted by molar-refractivity contribution is 7.12. The number of nitrogens with zero attached hydrogens (tertiary/aromatic N) is 1. The van der Waals surface area contributed by atoms with Crippen LogP contribution in [0.5, 0.6) is 5.75 Å². The minimum Gasteiger partial charge on any atom is -0.486 e. The topological polar surface area (TPSA) is 107 Å². The molecule has 0 fully saturated rings. The molecule has 0 saturated heterocycles. The van der Waals surface area contributed by atoms with E-state index in [9.17, 15) is 19.3 Å². The van der Waals surface area contributed by atoms with Gasteiger partial charge in [0.25, 0.3) is 11.6 Å². The van der Waals surface area contributed by atoms with Gasteiger partial charge in [-0.15, -0.1) is 11.3 Å². The molecule has 0 atom stereocenters. The number of nitro groups is 1. The van der Waals surface area contributed by atoms with Gasteiger partial charge in [-0.25, -0.2) is 10.2 Å². The van der Waals surface area contributed by atoms with Crippen molar-refractivity contribution >= 4 is 22.9 Å². The van der Waals surface area contributed by atoms with E-state index >= 15 is 0 Å². The lowest BCUT2D eigenvalue weighted by Crippen LogP contribution is -2.30. The van der Waals surface area contributed by atoms with Gasteiger partial charge >= 0.3 is 0 Å². The normalized spacial score (nSPS) is 10.2. The van der Waals surface area contributed by atoms with Crippen LogP contribution in [0.15, 0.2) is 29.6 Å². The SMILES string of the molecule is NNC(=O)c1sccc1COc1ccc([N+](=O)[O-])cc1F. The number of halogens is 1. The van der Waals surface area contributed by atoms with Gasteiger partial charge in [-0.2, -0.15) is 0 Å². The summed E-state index contributed by atoms with van der Waals surface area (Å²) in [5, 5.41) is 12.2. The summed E-state index contributed by atoms with van der Waals surface area (Å²) in [6.45, 7) is -0.0546. The van der Waals surface area contributed by atoms with Crippen molar-refractivity contribution in [3.05, 3.63) is 56.0 Å². The average molecular weight is 311 g/mol. The number of nitro benzene ring substituents is 1. The Hall–Kier alpha value is -2.52. The number of carbonyl (C=O) groups is 1. The van der Waals surface area contributed by atoms with E-state index in [2.05, 4.69) is 0 Å². The summed E-state index contributed by atoms with van der Waals surface area (Å²) in [6, 6.07) is 4.73. The molecular formula is C12H10FN3O4S. The first-order chi connectivity index (χ1) is 10.0. The largest absolute Gasteiger partial charge is 0.486 e. The molecule has 1 amide bonds. The number of hydrogen-bond donors (Lipinski definition) is 2. The Labute approximate surface area is 122 Å². The van der Waals surface area contributed by atoms with E-state index in [1.54, 1.807) is 11.4 Å². The zero-order chi connectivity index (χ0) is 15.4. The highest BCUT2D eigenvalue weighted by Gasteiger charge is 2.15. The number of nitrogens with two attached hydrogens (primary N) is 1. The molecule has 0 unspecified atom stereocenters. The molecule has 0 bridgehead atoms. The summed E-state index contributed by atoms with van der Waals surface area (Å²) >= 11 is 1.17. The van der Waals surface area contributed by atoms with Gasteiger partial charge in [0.05, 0.1) is 15.9 Å². The number of hydrogen-bond acceptors (Lipinski definition) is 6. The zero-order valence-electron chi connectivity index (χ0n) is 10.5. The number of nitrogen functional groups attached to an aromatic ring is 1. The maximum Gasteiger partial charge on any atom is 0.275 e. The van der Waals surface area contributed by atoms with Crippen molar-refractivity contribution in [1.82, 2.24) is 5.43 Å². The number of carbonyl (C=O) groups excluding carboxylic acids is 1. The van der Waals surface area contributed by atoms with Crippen LogP contribution in [0, 0.1) is 15.9 Å². The molecule has 110 valence electrons. The fraction of sp³-hybridized carbons (Fsp3) is 0.0833. The average Bonchev–Trinajstić information content (AvgIpc) is 2.93. The summed E-state index contributed by atoms with van der Waals surface area (Å²) in [5.74, 6) is 3.61. The summed E-state index contributed by atoms with van der Waals surface area (Å²) in [7, 11) is 0. The summed E-state index contributed by atoms with van der Waals surface area (Å²) in [5.41, 5.74) is 2.18. The van der Waals surface area contributed by atoms with E-state index in [1.165, 1.54) is 17.4 Å². The van der Waals surface area contributed by atoms with Crippen molar-refractivity contribution in [3.63, 3.8) is 0 Å². The van der Waals surface area contributed by atoms with Gasteiger partial charge in [-0.1, -0.05) is 0 Å². The number of ether oxygens (including phenoxy) is 1. The minimum atomic E-state index is -0.843. The van der Waals surface area contributed by atoms with Gasteiger partial charge in [0.1, 0.15) is 6.61 Å². The van der Waals surface area contributed by atoms with E-state index in [4.69, 9.17) is 10.6 Å². The molecule has 1 aromatic carbocycles. The van der Waals surface area contributed by atoms with E-state index in [-0.39, 0.29) is 18.0 Å². The van der Waals surface area contributed by atoms with Gasteiger partial charge in [-0.05, 0) is 17.5 Å². The van der Waals surface area contributed by atoms with Gasteiger partial charge in [-0.3, -0.25) is 20.3 Å². The molecule has 2 rings (SSSR count). The van der Waals surface area contributed by atoms with Gasteiger partial charge in [0.15, 0.2) is 11.6 Å². The van der Waals surface area contributed by atoms with Gasteiger partial charge in [0, 0.05) is 11.6 Å². The number of nitrogens with one attached hydrogen (secondary N) is 1. The molecule has 0 aliphatic heterocycles. The molecule has 3 N–H and O–H groups in total. The predicted octanol–water partition coefficient (Wildman–Crippen LogP) is 1.98. The maximum atomic E-state index is 13.6. The Balaban J connectivity index is 2.12. The lowest BCUT2D eigenvalue weighted by atomic mass is 10.2. The lowest BCUT2D eigenvalue weighted by Gasteiger charge is -2.07. The quantitative estimate of drug-likeness (QED) is 0.380. The van der Waals surface area contributed by atoms with Crippen molar-refractivity contribution in [2.75, 3.05) is 0 Å². The molecule has 1 heterocycles. The molecule has 0 spiro atoms. The molecule has 0 aliphatic carbocycles. The van der Waals surface area contributed by atoms with Crippen molar-refractivity contribution < 1.29 is 18.8 Å². The van der Waals surface area contributed by atoms with Gasteiger partial charge < -0.3 is 4.74 Å². The lowest BCUT2D eigenvalue weighted by molar-refractivity contribution is -0.385. The first-order valence-electron chi connectivity index (χ1n) is 5.67. The Morgan fingerprint density at radius 3 is 2.86 bits per heavy atom. The monoisotopic (exact) mass is 311 g/mol. The van der Waals surface area contributed by atoms with E-state index in [0.29, 0.717) is 10.4 Å². The smallest absolute Gasteiger partial charge is 0.275 e. The number of rotatable bonds is 5. The van der Waals surface area contributed by atoms with Crippen LogP contribution in [0.4, 0.5) is 10.1 Å². The van der Waals surface area contributed by atoms with Crippen molar-refractivity contribution in [2.45, 2.75) is 6.61 Å². The first-order valence-corrected chi connectivity index (χ1v) is 6.55. The number of non-ortho nitro benzene ring substituents is 1. The second-order valence-electron chi connectivity index (χ2n) is 3.91. The van der Waals surface area contributed by atoms with Crippen LogP contribution in [-0.2, 0) is 6.61 Å². The molecule has 1 aromatic heterocycles. The van der Waals surface area contributed by atoms with Crippen LogP contribution in [-0.4, -0.2) is 10.8 Å². The zero-order valence-corrected chi connectivity index (χ0v) is 11.4. The van der Waals surface area contributed by atoms with Crippen LogP contribution in [0.2, 0.25) is 0 Å². The van der Waals surface area contributed by atoms with E-state index in [1.807, 2.05) is 5.43 Å². The molecule has 9 heteroatoms.